The lowest BCUT2D eigenvalue weighted by molar-refractivity contribution is -0.136. The first kappa shape index (κ1) is 35.3. The highest BCUT2D eigenvalue weighted by molar-refractivity contribution is 6.25. The molecule has 2 aromatic carbocycles. The van der Waals surface area contributed by atoms with Gasteiger partial charge in [-0.25, -0.2) is 4.98 Å². The lowest BCUT2D eigenvalue weighted by Crippen LogP contribution is -2.54. The molecule has 1 atom stereocenters. The van der Waals surface area contributed by atoms with Crippen molar-refractivity contribution in [1.82, 2.24) is 35.0 Å². The van der Waals surface area contributed by atoms with Crippen LogP contribution < -0.4 is 21.3 Å². The SMILES string of the molecule is CN(C)C(=O)c1cn(C2CCCC2)c2nc(Nc3ccc(C(=O)NCCCCNc4cccc5c4C(=O)N(C4CCC(=O)NC4=O)C5=O)cc3)ncc12. The highest BCUT2D eigenvalue weighted by Gasteiger charge is 2.45. The maximum Gasteiger partial charge on any atom is 0.264 e. The number of piperidine rings is 1. The number of imide groups is 2. The standard InChI is InChI=1S/C38H41N9O6/c1-45(2)35(51)27-21-46(24-8-3-4-9-24)32-26(27)20-41-38(44-32)42-23-14-12-22(13-15-23)33(49)40-19-6-5-18-39-28-11-7-10-25-31(28)37(53)47(36(25)52)29-16-17-30(48)43-34(29)50/h7,10-15,20-21,24,29,39H,3-6,8-9,16-19H2,1-2H3,(H,40,49)(H,41,42,44)(H,43,48,50). The summed E-state index contributed by atoms with van der Waals surface area (Å²) in [6.07, 6.45) is 9.46. The van der Waals surface area contributed by atoms with E-state index in [4.69, 9.17) is 4.98 Å². The lowest BCUT2D eigenvalue weighted by atomic mass is 10.0. The van der Waals surface area contributed by atoms with E-state index in [1.54, 1.807) is 67.7 Å². The van der Waals surface area contributed by atoms with Gasteiger partial charge >= 0.3 is 0 Å². The van der Waals surface area contributed by atoms with Gasteiger partial charge in [-0.05, 0) is 68.5 Å². The Morgan fingerprint density at radius 3 is 2.43 bits per heavy atom. The maximum atomic E-state index is 13.3. The van der Waals surface area contributed by atoms with Crippen molar-refractivity contribution in [3.8, 4) is 0 Å². The Morgan fingerprint density at radius 2 is 1.70 bits per heavy atom. The third-order valence-electron chi connectivity index (χ3n) is 10.0. The van der Waals surface area contributed by atoms with Crippen LogP contribution in [0.4, 0.5) is 17.3 Å². The van der Waals surface area contributed by atoms with Crippen LogP contribution in [0, 0.1) is 0 Å². The van der Waals surface area contributed by atoms with Gasteiger partial charge in [-0.3, -0.25) is 39.0 Å². The number of amides is 6. The second-order valence-electron chi connectivity index (χ2n) is 13.8. The second kappa shape index (κ2) is 14.9. The van der Waals surface area contributed by atoms with Crippen LogP contribution in [0.5, 0.6) is 0 Å². The van der Waals surface area contributed by atoms with Gasteiger partial charge in [0.25, 0.3) is 23.6 Å². The summed E-state index contributed by atoms with van der Waals surface area (Å²) in [7, 11) is 3.46. The first-order chi connectivity index (χ1) is 25.6. The van der Waals surface area contributed by atoms with Crippen molar-refractivity contribution >= 4 is 63.8 Å². The van der Waals surface area contributed by atoms with Crippen molar-refractivity contribution in [2.75, 3.05) is 37.8 Å². The van der Waals surface area contributed by atoms with Gasteiger partial charge < -0.3 is 25.4 Å². The van der Waals surface area contributed by atoms with E-state index >= 15 is 0 Å². The molecule has 1 aliphatic carbocycles. The largest absolute Gasteiger partial charge is 0.384 e. The van der Waals surface area contributed by atoms with Gasteiger partial charge in [-0.1, -0.05) is 18.9 Å². The molecule has 1 saturated carbocycles. The van der Waals surface area contributed by atoms with Crippen molar-refractivity contribution in [1.29, 1.82) is 0 Å². The molecule has 4 aromatic rings. The molecule has 3 aliphatic rings. The molecular formula is C38H41N9O6. The topological polar surface area (TPSA) is 188 Å². The van der Waals surface area contributed by atoms with E-state index in [-0.39, 0.29) is 35.8 Å². The molecule has 0 spiro atoms. The van der Waals surface area contributed by atoms with Crippen molar-refractivity contribution in [3.63, 3.8) is 0 Å². The van der Waals surface area contributed by atoms with Crippen molar-refractivity contribution < 1.29 is 28.8 Å². The first-order valence-corrected chi connectivity index (χ1v) is 17.9. The molecule has 1 saturated heterocycles. The number of hydrogen-bond acceptors (Lipinski definition) is 10. The predicted molar refractivity (Wildman–Crippen MR) is 196 cm³/mol. The molecule has 0 radical (unpaired) electrons. The second-order valence-corrected chi connectivity index (χ2v) is 13.8. The first-order valence-electron chi connectivity index (χ1n) is 17.9. The van der Waals surface area contributed by atoms with Crippen LogP contribution in [0.1, 0.15) is 98.8 Å². The van der Waals surface area contributed by atoms with Crippen LogP contribution in [0.15, 0.2) is 54.9 Å². The van der Waals surface area contributed by atoms with Crippen LogP contribution in [0.3, 0.4) is 0 Å². The number of nitrogens with zero attached hydrogens (tertiary/aromatic N) is 5. The van der Waals surface area contributed by atoms with Crippen LogP contribution >= 0.6 is 0 Å². The number of nitrogens with one attached hydrogen (secondary N) is 4. The van der Waals surface area contributed by atoms with Gasteiger partial charge in [0.2, 0.25) is 17.8 Å². The average Bonchev–Trinajstić information content (AvgIpc) is 3.87. The number of benzene rings is 2. The van der Waals surface area contributed by atoms with Gasteiger partial charge in [0.05, 0.1) is 22.1 Å². The molecule has 0 bridgehead atoms. The Labute approximate surface area is 305 Å². The molecule has 53 heavy (non-hydrogen) atoms. The van der Waals surface area contributed by atoms with Gasteiger partial charge in [-0.2, -0.15) is 4.98 Å². The number of hydrogen-bond donors (Lipinski definition) is 4. The summed E-state index contributed by atoms with van der Waals surface area (Å²) in [5.41, 5.74) is 3.43. The smallest absolute Gasteiger partial charge is 0.264 e. The van der Waals surface area contributed by atoms with Crippen LogP contribution in [0.2, 0.25) is 0 Å². The lowest BCUT2D eigenvalue weighted by Gasteiger charge is -2.27. The Morgan fingerprint density at radius 1 is 0.943 bits per heavy atom. The Bertz CT molecular complexity index is 2120. The molecule has 7 rings (SSSR count). The number of unbranched alkanes of at least 4 members (excludes halogenated alkanes) is 1. The van der Waals surface area contributed by atoms with E-state index in [1.165, 1.54) is 0 Å². The van der Waals surface area contributed by atoms with Gasteiger partial charge in [-0.15, -0.1) is 0 Å². The minimum Gasteiger partial charge on any atom is -0.384 e. The van der Waals surface area contributed by atoms with Gasteiger partial charge in [0.1, 0.15) is 11.7 Å². The number of aromatic nitrogens is 3. The third kappa shape index (κ3) is 7.06. The van der Waals surface area contributed by atoms with Crippen LogP contribution in [0.25, 0.3) is 11.0 Å². The normalized spacial score (nSPS) is 17.2. The zero-order chi connectivity index (χ0) is 37.2. The molecule has 2 aliphatic heterocycles. The van der Waals surface area contributed by atoms with Gasteiger partial charge in [0.15, 0.2) is 0 Å². The fraction of sp³-hybridized carbons (Fsp3) is 0.368. The predicted octanol–water partition coefficient (Wildman–Crippen LogP) is 4.02. The van der Waals surface area contributed by atoms with Crippen molar-refractivity contribution in [3.05, 3.63) is 77.1 Å². The van der Waals surface area contributed by atoms with Crippen LogP contribution in [-0.2, 0) is 9.59 Å². The zero-order valence-electron chi connectivity index (χ0n) is 29.6. The van der Waals surface area contributed by atoms with E-state index in [1.807, 2.05) is 6.20 Å². The molecule has 4 N–H and O–H groups in total. The molecule has 6 amide bonds. The van der Waals surface area contributed by atoms with E-state index in [2.05, 4.69) is 30.8 Å². The summed E-state index contributed by atoms with van der Waals surface area (Å²) < 4.78 is 2.12. The van der Waals surface area contributed by atoms with Crippen molar-refractivity contribution in [2.45, 2.75) is 63.5 Å². The number of carbonyl (C=O) groups is 6. The summed E-state index contributed by atoms with van der Waals surface area (Å²) in [6.45, 7) is 0.917. The fourth-order valence-corrected chi connectivity index (χ4v) is 7.24. The quantitative estimate of drug-likeness (QED) is 0.123. The van der Waals surface area contributed by atoms with Crippen molar-refractivity contribution in [2.24, 2.45) is 0 Å². The monoisotopic (exact) mass is 719 g/mol. The van der Waals surface area contributed by atoms with E-state index in [0.29, 0.717) is 60.4 Å². The maximum absolute atomic E-state index is 13.3. The van der Waals surface area contributed by atoms with Crippen LogP contribution in [-0.4, -0.2) is 93.0 Å². The number of rotatable bonds is 12. The molecule has 15 heteroatoms. The molecule has 274 valence electrons. The molecule has 2 fully saturated rings. The summed E-state index contributed by atoms with van der Waals surface area (Å²) in [5, 5.41) is 12.3. The number of carbonyl (C=O) groups excluding carboxylic acids is 6. The molecule has 15 nitrogen and oxygen atoms in total. The molecule has 2 aromatic heterocycles. The van der Waals surface area contributed by atoms with E-state index in [0.717, 1.165) is 41.6 Å². The summed E-state index contributed by atoms with van der Waals surface area (Å²) >= 11 is 0. The summed E-state index contributed by atoms with van der Waals surface area (Å²) in [5.74, 6) is -2.10. The summed E-state index contributed by atoms with van der Waals surface area (Å²) in [4.78, 5) is 87.9. The highest BCUT2D eigenvalue weighted by Crippen LogP contribution is 2.35. The Kier molecular flexibility index (Phi) is 9.89. The third-order valence-corrected chi connectivity index (χ3v) is 10.0. The molecule has 4 heterocycles. The number of anilines is 3. The highest BCUT2D eigenvalue weighted by atomic mass is 16.2. The van der Waals surface area contributed by atoms with E-state index in [9.17, 15) is 28.8 Å². The zero-order valence-corrected chi connectivity index (χ0v) is 29.6. The van der Waals surface area contributed by atoms with E-state index < -0.39 is 29.7 Å². The number of fused-ring (bicyclic) bond motifs is 2. The Hall–Kier alpha value is -6.12. The molecule has 1 unspecified atom stereocenters. The minimum absolute atomic E-state index is 0.0561. The Balaban J connectivity index is 0.902. The summed E-state index contributed by atoms with van der Waals surface area (Å²) in [6, 6.07) is 11.2. The fourth-order valence-electron chi connectivity index (χ4n) is 7.24. The molecular weight excluding hydrogens is 678 g/mol. The average molecular weight is 720 g/mol. The van der Waals surface area contributed by atoms with Gasteiger partial charge in [0, 0.05) is 69.0 Å². The minimum atomic E-state index is -1.02.